The van der Waals surface area contributed by atoms with Gasteiger partial charge < -0.3 is 15.5 Å². The van der Waals surface area contributed by atoms with Crippen LogP contribution in [0.15, 0.2) is 18.2 Å². The van der Waals surface area contributed by atoms with Gasteiger partial charge in [-0.2, -0.15) is 0 Å². The quantitative estimate of drug-likeness (QED) is 0.838. The monoisotopic (exact) mass is 383 g/mol. The van der Waals surface area contributed by atoms with Crippen molar-refractivity contribution in [3.8, 4) is 0 Å². The van der Waals surface area contributed by atoms with E-state index in [1.165, 1.54) is 12.1 Å². The summed E-state index contributed by atoms with van der Waals surface area (Å²) in [5.41, 5.74) is 1.22. The number of halogens is 2. The van der Waals surface area contributed by atoms with Crippen molar-refractivity contribution in [1.82, 2.24) is 15.5 Å². The van der Waals surface area contributed by atoms with Gasteiger partial charge in [-0.25, -0.2) is 4.39 Å². The Morgan fingerprint density at radius 2 is 2.12 bits per heavy atom. The molecule has 2 saturated heterocycles. The lowest BCUT2D eigenvalue weighted by molar-refractivity contribution is -0.123. The Bertz CT molecular complexity index is 650. The molecule has 0 bridgehead atoms. The predicted molar refractivity (Wildman–Crippen MR) is 101 cm³/mol. The Morgan fingerprint density at radius 3 is 2.81 bits per heavy atom. The first kappa shape index (κ1) is 20.6. The first-order valence-electron chi connectivity index (χ1n) is 9.11. The molecule has 3 rings (SSSR count). The molecule has 0 aromatic heterocycles. The second kappa shape index (κ2) is 9.33. The summed E-state index contributed by atoms with van der Waals surface area (Å²) in [6.45, 7) is 4.61. The number of hydrogen-bond donors (Lipinski definition) is 2. The van der Waals surface area contributed by atoms with Crippen LogP contribution in [0.4, 0.5) is 4.39 Å². The predicted octanol–water partition coefficient (Wildman–Crippen LogP) is 2.28. The summed E-state index contributed by atoms with van der Waals surface area (Å²) >= 11 is 0. The Morgan fingerprint density at radius 1 is 1.31 bits per heavy atom. The molecule has 2 aliphatic rings. The maximum absolute atomic E-state index is 13.2. The zero-order chi connectivity index (χ0) is 17.8. The van der Waals surface area contributed by atoms with E-state index in [1.54, 1.807) is 13.0 Å². The fourth-order valence-electron chi connectivity index (χ4n) is 3.73. The van der Waals surface area contributed by atoms with Crippen molar-refractivity contribution in [2.24, 2.45) is 5.92 Å². The molecule has 1 aromatic rings. The van der Waals surface area contributed by atoms with Gasteiger partial charge in [-0.15, -0.1) is 12.4 Å². The normalized spacial score (nSPS) is 22.6. The van der Waals surface area contributed by atoms with Crippen LogP contribution >= 0.6 is 12.4 Å². The molecule has 0 aliphatic carbocycles. The molecule has 0 spiro atoms. The Hall–Kier alpha value is -1.66. The van der Waals surface area contributed by atoms with E-state index in [-0.39, 0.29) is 42.0 Å². The van der Waals surface area contributed by atoms with E-state index in [9.17, 15) is 14.0 Å². The molecule has 2 fully saturated rings. The summed E-state index contributed by atoms with van der Waals surface area (Å²) in [4.78, 5) is 26.7. The maximum atomic E-state index is 13.2. The molecule has 2 amide bonds. The van der Waals surface area contributed by atoms with E-state index in [0.29, 0.717) is 30.8 Å². The number of hydrogen-bond acceptors (Lipinski definition) is 3. The first-order valence-corrected chi connectivity index (χ1v) is 9.11. The van der Waals surface area contributed by atoms with Gasteiger partial charge in [0.2, 0.25) is 5.91 Å². The van der Waals surface area contributed by atoms with Gasteiger partial charge in [-0.3, -0.25) is 9.59 Å². The van der Waals surface area contributed by atoms with Crippen LogP contribution in [0.5, 0.6) is 0 Å². The zero-order valence-electron chi connectivity index (χ0n) is 15.1. The Kier molecular flexibility index (Phi) is 7.41. The van der Waals surface area contributed by atoms with E-state index < -0.39 is 0 Å². The van der Waals surface area contributed by atoms with Crippen molar-refractivity contribution >= 4 is 24.2 Å². The highest BCUT2D eigenvalue weighted by Gasteiger charge is 2.27. The van der Waals surface area contributed by atoms with Crippen LogP contribution in [-0.4, -0.2) is 48.9 Å². The van der Waals surface area contributed by atoms with Crippen molar-refractivity contribution in [2.75, 3.05) is 26.2 Å². The van der Waals surface area contributed by atoms with E-state index in [2.05, 4.69) is 10.6 Å². The molecule has 0 radical (unpaired) electrons. The number of piperidine rings is 1. The molecule has 26 heavy (non-hydrogen) atoms. The van der Waals surface area contributed by atoms with Crippen molar-refractivity contribution < 1.29 is 14.0 Å². The van der Waals surface area contributed by atoms with Crippen molar-refractivity contribution in [2.45, 2.75) is 38.6 Å². The molecule has 7 heteroatoms. The fraction of sp³-hybridized carbons (Fsp3) is 0.579. The number of nitrogens with zero attached hydrogens (tertiary/aromatic N) is 1. The van der Waals surface area contributed by atoms with Crippen LogP contribution in [0.2, 0.25) is 0 Å². The van der Waals surface area contributed by atoms with Gasteiger partial charge in [0.1, 0.15) is 5.82 Å². The number of benzene rings is 1. The number of aryl methyl sites for hydroxylation is 1. The second-order valence-corrected chi connectivity index (χ2v) is 7.11. The smallest absolute Gasteiger partial charge is 0.254 e. The third-order valence-corrected chi connectivity index (χ3v) is 5.17. The SMILES string of the molecule is Cc1cc(F)ccc1C(=O)N1CCCC(CNC(=O)C2CCCN2)C1.Cl. The van der Waals surface area contributed by atoms with Crippen molar-refractivity contribution in [1.29, 1.82) is 0 Å². The first-order chi connectivity index (χ1) is 12.0. The summed E-state index contributed by atoms with van der Waals surface area (Å²) in [7, 11) is 0. The fourth-order valence-corrected chi connectivity index (χ4v) is 3.73. The van der Waals surface area contributed by atoms with Gasteiger partial charge in [0.05, 0.1) is 6.04 Å². The van der Waals surface area contributed by atoms with Gasteiger partial charge in [-0.1, -0.05) is 0 Å². The molecule has 2 heterocycles. The summed E-state index contributed by atoms with van der Waals surface area (Å²) in [6, 6.07) is 4.22. The van der Waals surface area contributed by atoms with E-state index in [4.69, 9.17) is 0 Å². The van der Waals surface area contributed by atoms with Gasteiger partial charge in [0.25, 0.3) is 5.91 Å². The Labute approximate surface area is 160 Å². The molecule has 5 nitrogen and oxygen atoms in total. The Balaban J connectivity index is 0.00000243. The number of rotatable bonds is 4. The average molecular weight is 384 g/mol. The standard InChI is InChI=1S/C19H26FN3O2.ClH/c1-13-10-15(20)6-7-16(13)19(25)23-9-3-4-14(12-23)11-22-18(24)17-5-2-8-21-17;/h6-7,10,14,17,21H,2-5,8-9,11-12H2,1H3,(H,22,24);1H. The third-order valence-electron chi connectivity index (χ3n) is 5.17. The molecule has 1 aromatic carbocycles. The minimum absolute atomic E-state index is 0. The van der Waals surface area contributed by atoms with Crippen molar-refractivity contribution in [3.63, 3.8) is 0 Å². The molecule has 2 unspecified atom stereocenters. The number of likely N-dealkylation sites (tertiary alicyclic amines) is 1. The van der Waals surface area contributed by atoms with Gasteiger partial charge in [0, 0.05) is 25.2 Å². The van der Waals surface area contributed by atoms with Crippen LogP contribution in [-0.2, 0) is 4.79 Å². The molecule has 2 N–H and O–H groups in total. The maximum Gasteiger partial charge on any atom is 0.254 e. The van der Waals surface area contributed by atoms with Gasteiger partial charge in [0.15, 0.2) is 0 Å². The molecule has 0 saturated carbocycles. The summed E-state index contributed by atoms with van der Waals surface area (Å²) < 4.78 is 13.2. The van der Waals surface area contributed by atoms with Crippen molar-refractivity contribution in [3.05, 3.63) is 35.1 Å². The molecular formula is C19H27ClFN3O2. The highest BCUT2D eigenvalue weighted by Crippen LogP contribution is 2.20. The summed E-state index contributed by atoms with van der Waals surface area (Å²) in [5.74, 6) is -0.0427. The topological polar surface area (TPSA) is 61.4 Å². The number of nitrogens with one attached hydrogen (secondary N) is 2. The average Bonchev–Trinajstić information content (AvgIpc) is 3.14. The lowest BCUT2D eigenvalue weighted by Gasteiger charge is -2.33. The van der Waals surface area contributed by atoms with E-state index in [0.717, 1.165) is 32.2 Å². The number of carbonyl (C=O) groups excluding carboxylic acids is 2. The van der Waals surface area contributed by atoms with Crippen LogP contribution in [0.25, 0.3) is 0 Å². The summed E-state index contributed by atoms with van der Waals surface area (Å²) in [6.07, 6.45) is 3.87. The minimum Gasteiger partial charge on any atom is -0.354 e. The van der Waals surface area contributed by atoms with Gasteiger partial charge >= 0.3 is 0 Å². The van der Waals surface area contributed by atoms with Gasteiger partial charge in [-0.05, 0) is 68.8 Å². The van der Waals surface area contributed by atoms with Crippen LogP contribution < -0.4 is 10.6 Å². The largest absolute Gasteiger partial charge is 0.354 e. The lowest BCUT2D eigenvalue weighted by Crippen LogP contribution is -2.46. The zero-order valence-corrected chi connectivity index (χ0v) is 15.9. The second-order valence-electron chi connectivity index (χ2n) is 7.11. The third kappa shape index (κ3) is 4.95. The molecular weight excluding hydrogens is 357 g/mol. The lowest BCUT2D eigenvalue weighted by atomic mass is 9.96. The van der Waals surface area contributed by atoms with Crippen LogP contribution in [0.3, 0.4) is 0 Å². The molecule has 144 valence electrons. The van der Waals surface area contributed by atoms with E-state index >= 15 is 0 Å². The number of amides is 2. The number of carbonyl (C=O) groups is 2. The summed E-state index contributed by atoms with van der Waals surface area (Å²) in [5, 5.41) is 6.22. The molecule has 2 atom stereocenters. The minimum atomic E-state index is -0.325. The van der Waals surface area contributed by atoms with Crippen LogP contribution in [0, 0.1) is 18.7 Å². The highest BCUT2D eigenvalue weighted by molar-refractivity contribution is 5.95. The highest BCUT2D eigenvalue weighted by atomic mass is 35.5. The van der Waals surface area contributed by atoms with Crippen LogP contribution in [0.1, 0.15) is 41.6 Å². The van der Waals surface area contributed by atoms with E-state index in [1.807, 2.05) is 4.90 Å². The molecule has 2 aliphatic heterocycles.